The van der Waals surface area contributed by atoms with Gasteiger partial charge in [-0.15, -0.1) is 0 Å². The minimum atomic E-state index is -0.756. The first-order valence-corrected chi connectivity index (χ1v) is 6.47. The van der Waals surface area contributed by atoms with Crippen LogP contribution in [0.3, 0.4) is 0 Å². The fourth-order valence-corrected chi connectivity index (χ4v) is 2.03. The van der Waals surface area contributed by atoms with E-state index in [4.69, 9.17) is 16.7 Å². The highest BCUT2D eigenvalue weighted by Gasteiger charge is 2.18. The highest BCUT2D eigenvalue weighted by Crippen LogP contribution is 2.23. The molecular formula is C14H20ClNO2. The molecule has 1 rings (SSSR count). The summed E-state index contributed by atoms with van der Waals surface area (Å²) in [7, 11) is 1.96. The lowest BCUT2D eigenvalue weighted by Gasteiger charge is -2.29. The molecule has 0 radical (unpaired) electrons. The zero-order valence-corrected chi connectivity index (χ0v) is 11.8. The van der Waals surface area contributed by atoms with Crippen LogP contribution in [0.2, 0.25) is 5.02 Å². The van der Waals surface area contributed by atoms with Gasteiger partial charge in [0, 0.05) is 17.6 Å². The molecule has 4 heteroatoms. The molecule has 1 aromatic carbocycles. The highest BCUT2D eigenvalue weighted by molar-refractivity contribution is 6.30. The molecule has 3 nitrogen and oxygen atoms in total. The molecule has 0 aliphatic carbocycles. The van der Waals surface area contributed by atoms with Gasteiger partial charge in [0.1, 0.15) is 0 Å². The molecule has 0 saturated carbocycles. The Balaban J connectivity index is 2.62. The van der Waals surface area contributed by atoms with E-state index in [-0.39, 0.29) is 12.5 Å². The summed E-state index contributed by atoms with van der Waals surface area (Å²) in [5, 5.41) is 9.42. The predicted molar refractivity (Wildman–Crippen MR) is 74.2 cm³/mol. The van der Waals surface area contributed by atoms with Crippen LogP contribution in [0, 0.1) is 0 Å². The molecule has 0 bridgehead atoms. The van der Waals surface area contributed by atoms with Crippen molar-refractivity contribution in [2.75, 3.05) is 13.6 Å². The zero-order valence-electron chi connectivity index (χ0n) is 11.1. The summed E-state index contributed by atoms with van der Waals surface area (Å²) < 4.78 is 0. The van der Waals surface area contributed by atoms with Gasteiger partial charge in [0.15, 0.2) is 0 Å². The fraction of sp³-hybridized carbons (Fsp3) is 0.500. The van der Waals surface area contributed by atoms with E-state index >= 15 is 0 Å². The smallest absolute Gasteiger partial charge is 0.304 e. The van der Waals surface area contributed by atoms with Crippen molar-refractivity contribution >= 4 is 17.6 Å². The maximum atomic E-state index is 10.6. The van der Waals surface area contributed by atoms with E-state index < -0.39 is 5.97 Å². The van der Waals surface area contributed by atoms with E-state index in [0.29, 0.717) is 12.5 Å². The van der Waals surface area contributed by atoms with Crippen molar-refractivity contribution in [1.29, 1.82) is 0 Å². The maximum Gasteiger partial charge on any atom is 0.304 e. The van der Waals surface area contributed by atoms with Gasteiger partial charge in [0.25, 0.3) is 0 Å². The monoisotopic (exact) mass is 269 g/mol. The second-order valence-electron chi connectivity index (χ2n) is 4.71. The highest BCUT2D eigenvalue weighted by atomic mass is 35.5. The minimum Gasteiger partial charge on any atom is -0.481 e. The Hall–Kier alpha value is -1.06. The molecule has 1 N–H and O–H groups in total. The minimum absolute atomic E-state index is 0.175. The van der Waals surface area contributed by atoms with E-state index in [9.17, 15) is 4.79 Å². The van der Waals surface area contributed by atoms with Crippen LogP contribution in [-0.4, -0.2) is 35.6 Å². The Labute approximate surface area is 113 Å². The van der Waals surface area contributed by atoms with E-state index in [1.54, 1.807) is 0 Å². The van der Waals surface area contributed by atoms with Crippen LogP contribution < -0.4 is 0 Å². The van der Waals surface area contributed by atoms with Crippen molar-refractivity contribution in [3.05, 3.63) is 34.9 Å². The van der Waals surface area contributed by atoms with E-state index in [2.05, 4.69) is 18.7 Å². The lowest BCUT2D eigenvalue weighted by Crippen LogP contribution is -2.34. The number of carboxylic acids is 1. The number of nitrogens with zero attached hydrogens (tertiary/aromatic N) is 1. The number of hydrogen-bond donors (Lipinski definition) is 1. The van der Waals surface area contributed by atoms with Crippen LogP contribution in [0.5, 0.6) is 0 Å². The summed E-state index contributed by atoms with van der Waals surface area (Å²) in [5.74, 6) is -0.422. The molecular weight excluding hydrogens is 250 g/mol. The first kappa shape index (κ1) is 15.0. The molecule has 2 atom stereocenters. The number of benzene rings is 1. The van der Waals surface area contributed by atoms with Gasteiger partial charge in [0.2, 0.25) is 0 Å². The Morgan fingerprint density at radius 1 is 1.33 bits per heavy atom. The van der Waals surface area contributed by atoms with Crippen LogP contribution in [-0.2, 0) is 4.79 Å². The molecule has 0 heterocycles. The fourth-order valence-electron chi connectivity index (χ4n) is 1.90. The van der Waals surface area contributed by atoms with Crippen molar-refractivity contribution in [3.8, 4) is 0 Å². The Morgan fingerprint density at radius 3 is 2.39 bits per heavy atom. The van der Waals surface area contributed by atoms with Crippen molar-refractivity contribution in [2.45, 2.75) is 32.2 Å². The van der Waals surface area contributed by atoms with E-state index in [1.807, 2.05) is 31.3 Å². The summed E-state index contributed by atoms with van der Waals surface area (Å²) in [6.45, 7) is 4.82. The molecule has 0 spiro atoms. The molecule has 0 aliphatic rings. The quantitative estimate of drug-likeness (QED) is 0.862. The summed E-state index contributed by atoms with van der Waals surface area (Å²) >= 11 is 5.87. The van der Waals surface area contributed by atoms with Crippen molar-refractivity contribution in [3.63, 3.8) is 0 Å². The SMILES string of the molecule is C[C@H](c1ccc(Cl)cc1)[C@H](C)N(C)CCC(=O)O. The van der Waals surface area contributed by atoms with Gasteiger partial charge >= 0.3 is 5.97 Å². The summed E-state index contributed by atoms with van der Waals surface area (Å²) in [6, 6.07) is 8.10. The van der Waals surface area contributed by atoms with Gasteiger partial charge < -0.3 is 10.0 Å². The summed E-state index contributed by atoms with van der Waals surface area (Å²) in [6.07, 6.45) is 0.175. The second-order valence-corrected chi connectivity index (χ2v) is 5.14. The number of hydrogen-bond acceptors (Lipinski definition) is 2. The second kappa shape index (κ2) is 6.76. The van der Waals surface area contributed by atoms with Crippen molar-refractivity contribution in [2.24, 2.45) is 0 Å². The average Bonchev–Trinajstić information content (AvgIpc) is 2.35. The summed E-state index contributed by atoms with van der Waals surface area (Å²) in [5.41, 5.74) is 1.22. The van der Waals surface area contributed by atoms with E-state index in [1.165, 1.54) is 5.56 Å². The van der Waals surface area contributed by atoms with Gasteiger partial charge in [-0.25, -0.2) is 0 Å². The number of aliphatic carboxylic acids is 1. The lowest BCUT2D eigenvalue weighted by molar-refractivity contribution is -0.137. The Bertz CT molecular complexity index is 391. The van der Waals surface area contributed by atoms with Gasteiger partial charge in [-0.05, 0) is 37.6 Å². The van der Waals surface area contributed by atoms with Crippen molar-refractivity contribution in [1.82, 2.24) is 4.90 Å². The van der Waals surface area contributed by atoms with E-state index in [0.717, 1.165) is 5.02 Å². The third-order valence-corrected chi connectivity index (χ3v) is 3.75. The van der Waals surface area contributed by atoms with Crippen molar-refractivity contribution < 1.29 is 9.90 Å². The molecule has 100 valence electrons. The third kappa shape index (κ3) is 4.31. The number of carboxylic acid groups (broad SMARTS) is 1. The molecule has 0 saturated heterocycles. The molecule has 18 heavy (non-hydrogen) atoms. The molecule has 0 amide bonds. The average molecular weight is 270 g/mol. The zero-order chi connectivity index (χ0) is 13.7. The number of halogens is 1. The molecule has 0 fully saturated rings. The van der Waals surface area contributed by atoms with Crippen LogP contribution in [0.4, 0.5) is 0 Å². The Kier molecular flexibility index (Phi) is 5.63. The van der Waals surface area contributed by atoms with Gasteiger partial charge in [0.05, 0.1) is 6.42 Å². The number of rotatable bonds is 6. The predicted octanol–water partition coefficient (Wildman–Crippen LogP) is 3.24. The molecule has 0 aliphatic heterocycles. The molecule has 1 aromatic rings. The summed E-state index contributed by atoms with van der Waals surface area (Å²) in [4.78, 5) is 12.6. The topological polar surface area (TPSA) is 40.5 Å². The lowest BCUT2D eigenvalue weighted by atomic mass is 9.93. The number of carbonyl (C=O) groups is 1. The van der Waals surface area contributed by atoms with Crippen LogP contribution >= 0.6 is 11.6 Å². The van der Waals surface area contributed by atoms with Crippen LogP contribution in [0.15, 0.2) is 24.3 Å². The van der Waals surface area contributed by atoms with Crippen LogP contribution in [0.25, 0.3) is 0 Å². The standard InChI is InChI=1S/C14H20ClNO2/c1-10(12-4-6-13(15)7-5-12)11(2)16(3)9-8-14(17)18/h4-7,10-11H,8-9H2,1-3H3,(H,17,18)/t10-,11-/m0/s1. The van der Waals surface area contributed by atoms with Crippen LogP contribution in [0.1, 0.15) is 31.7 Å². The number of likely N-dealkylation sites (N-methyl/N-ethyl adjacent to an activating group) is 1. The Morgan fingerprint density at radius 2 is 1.89 bits per heavy atom. The third-order valence-electron chi connectivity index (χ3n) is 3.49. The normalized spacial score (nSPS) is 14.5. The largest absolute Gasteiger partial charge is 0.481 e. The molecule has 0 unspecified atom stereocenters. The molecule has 0 aromatic heterocycles. The van der Waals surface area contributed by atoms with Gasteiger partial charge in [-0.3, -0.25) is 4.79 Å². The van der Waals surface area contributed by atoms with Gasteiger partial charge in [-0.1, -0.05) is 30.7 Å². The first-order chi connectivity index (χ1) is 8.41. The maximum absolute atomic E-state index is 10.6. The van der Waals surface area contributed by atoms with Gasteiger partial charge in [-0.2, -0.15) is 0 Å². The first-order valence-electron chi connectivity index (χ1n) is 6.09.